The van der Waals surface area contributed by atoms with Crippen molar-refractivity contribution in [2.75, 3.05) is 6.54 Å². The first-order valence-electron chi connectivity index (χ1n) is 9.94. The number of fused-ring (bicyclic) bond motifs is 2. The highest BCUT2D eigenvalue weighted by atomic mass is 15.3. The first kappa shape index (κ1) is 15.9. The molecule has 2 aliphatic rings. The van der Waals surface area contributed by atoms with Crippen molar-refractivity contribution in [3.63, 3.8) is 0 Å². The Labute approximate surface area is 162 Å². The van der Waals surface area contributed by atoms with E-state index in [1.807, 2.05) is 12.3 Å². The predicted molar refractivity (Wildman–Crippen MR) is 107 cm³/mol. The number of hydrogen-bond acceptors (Lipinski definition) is 5. The molecule has 0 aromatic carbocycles. The van der Waals surface area contributed by atoms with Gasteiger partial charge in [-0.2, -0.15) is 10.2 Å². The van der Waals surface area contributed by atoms with Gasteiger partial charge in [0.05, 0.1) is 16.8 Å². The number of aryl methyl sites for hydroxylation is 1. The third-order valence-electron chi connectivity index (χ3n) is 5.67. The molecule has 1 aliphatic carbocycles. The van der Waals surface area contributed by atoms with Crippen LogP contribution in [0.2, 0.25) is 0 Å². The van der Waals surface area contributed by atoms with E-state index in [-0.39, 0.29) is 0 Å². The maximum Gasteiger partial charge on any atom is 0.182 e. The van der Waals surface area contributed by atoms with E-state index in [0.717, 1.165) is 59.6 Å². The molecule has 0 radical (unpaired) electrons. The largest absolute Gasteiger partial charge is 0.311 e. The van der Waals surface area contributed by atoms with Crippen LogP contribution in [0.4, 0.5) is 0 Å². The number of nitrogens with zero attached hydrogens (tertiary/aromatic N) is 5. The molecule has 4 aromatic rings. The molecule has 6 rings (SSSR count). The normalized spacial score (nSPS) is 16.9. The zero-order valence-electron chi connectivity index (χ0n) is 15.5. The van der Waals surface area contributed by atoms with Gasteiger partial charge in [0.1, 0.15) is 5.69 Å². The molecule has 0 saturated heterocycles. The standard InChI is InChI=1S/C21H21N7/c1-3-14(11-22-6-1)16-10-17(18-9-15-12-23-7-2-8-28(15)27-18)24-21-19(16)20(25-26-21)13-4-5-13/h1,3,6,9-11,13,23H,2,4-5,7-8,12H2,(H,24,25,26). The molecular weight excluding hydrogens is 350 g/mol. The van der Waals surface area contributed by atoms with Crippen molar-refractivity contribution in [3.05, 3.63) is 48.0 Å². The van der Waals surface area contributed by atoms with Crippen LogP contribution in [0.3, 0.4) is 0 Å². The summed E-state index contributed by atoms with van der Waals surface area (Å²) in [6.45, 7) is 2.82. The Kier molecular flexibility index (Phi) is 3.55. The Morgan fingerprint density at radius 2 is 2.11 bits per heavy atom. The minimum Gasteiger partial charge on any atom is -0.311 e. The first-order valence-corrected chi connectivity index (χ1v) is 9.94. The Bertz CT molecular complexity index is 1130. The van der Waals surface area contributed by atoms with E-state index < -0.39 is 0 Å². The van der Waals surface area contributed by atoms with Gasteiger partial charge >= 0.3 is 0 Å². The van der Waals surface area contributed by atoms with Crippen molar-refractivity contribution in [2.24, 2.45) is 0 Å². The van der Waals surface area contributed by atoms with E-state index in [0.29, 0.717) is 5.92 Å². The highest BCUT2D eigenvalue weighted by Gasteiger charge is 2.29. The van der Waals surface area contributed by atoms with Crippen LogP contribution in [0.25, 0.3) is 33.5 Å². The van der Waals surface area contributed by atoms with Gasteiger partial charge in [-0.3, -0.25) is 14.8 Å². The third-order valence-corrected chi connectivity index (χ3v) is 5.67. The fourth-order valence-electron chi connectivity index (χ4n) is 4.08. The Morgan fingerprint density at radius 3 is 2.96 bits per heavy atom. The molecule has 0 atom stereocenters. The first-order chi connectivity index (χ1) is 13.9. The zero-order chi connectivity index (χ0) is 18.5. The molecule has 28 heavy (non-hydrogen) atoms. The van der Waals surface area contributed by atoms with Gasteiger partial charge in [-0.05, 0) is 49.6 Å². The van der Waals surface area contributed by atoms with Crippen LogP contribution < -0.4 is 5.32 Å². The lowest BCUT2D eigenvalue weighted by molar-refractivity contribution is 0.589. The molecule has 4 aromatic heterocycles. The highest BCUT2D eigenvalue weighted by molar-refractivity contribution is 5.97. The van der Waals surface area contributed by atoms with Crippen molar-refractivity contribution in [3.8, 4) is 22.5 Å². The topological polar surface area (TPSA) is 84.3 Å². The molecule has 2 N–H and O–H groups in total. The Hall–Kier alpha value is -3.06. The van der Waals surface area contributed by atoms with Crippen LogP contribution in [0.5, 0.6) is 0 Å². The number of rotatable bonds is 3. The summed E-state index contributed by atoms with van der Waals surface area (Å²) in [6, 6.07) is 8.37. The van der Waals surface area contributed by atoms with Crippen molar-refractivity contribution in [1.82, 2.24) is 35.3 Å². The Balaban J connectivity index is 1.55. The summed E-state index contributed by atoms with van der Waals surface area (Å²) >= 11 is 0. The number of aromatic amines is 1. The summed E-state index contributed by atoms with van der Waals surface area (Å²) in [5.41, 5.74) is 7.16. The summed E-state index contributed by atoms with van der Waals surface area (Å²) < 4.78 is 2.10. The van der Waals surface area contributed by atoms with Crippen molar-refractivity contribution in [1.29, 1.82) is 0 Å². The lowest BCUT2D eigenvalue weighted by Gasteiger charge is -2.07. The lowest BCUT2D eigenvalue weighted by Crippen LogP contribution is -2.11. The number of hydrogen-bond donors (Lipinski definition) is 2. The van der Waals surface area contributed by atoms with E-state index >= 15 is 0 Å². The van der Waals surface area contributed by atoms with Crippen LogP contribution in [-0.2, 0) is 13.1 Å². The van der Waals surface area contributed by atoms with E-state index in [4.69, 9.17) is 10.1 Å². The van der Waals surface area contributed by atoms with E-state index in [1.54, 1.807) is 6.20 Å². The highest BCUT2D eigenvalue weighted by Crippen LogP contribution is 2.44. The van der Waals surface area contributed by atoms with Gasteiger partial charge in [-0.1, -0.05) is 6.07 Å². The maximum absolute atomic E-state index is 4.87. The van der Waals surface area contributed by atoms with Crippen molar-refractivity contribution >= 4 is 11.0 Å². The molecule has 0 bridgehead atoms. The van der Waals surface area contributed by atoms with Gasteiger partial charge in [-0.15, -0.1) is 0 Å². The van der Waals surface area contributed by atoms with E-state index in [1.165, 1.54) is 24.2 Å². The van der Waals surface area contributed by atoms with E-state index in [2.05, 4.69) is 43.4 Å². The fraction of sp³-hybridized carbons (Fsp3) is 0.333. The lowest BCUT2D eigenvalue weighted by atomic mass is 10.0. The second-order valence-corrected chi connectivity index (χ2v) is 7.68. The zero-order valence-corrected chi connectivity index (χ0v) is 15.5. The Morgan fingerprint density at radius 1 is 1.14 bits per heavy atom. The number of pyridine rings is 2. The van der Waals surface area contributed by atoms with Crippen molar-refractivity contribution in [2.45, 2.75) is 38.3 Å². The molecule has 7 heteroatoms. The molecule has 1 aliphatic heterocycles. The molecule has 0 spiro atoms. The molecule has 0 amide bonds. The van der Waals surface area contributed by atoms with E-state index in [9.17, 15) is 0 Å². The maximum atomic E-state index is 4.87. The number of H-pyrrole nitrogens is 1. The van der Waals surface area contributed by atoms with Gasteiger partial charge in [0.2, 0.25) is 0 Å². The molecule has 7 nitrogen and oxygen atoms in total. The van der Waals surface area contributed by atoms with Gasteiger partial charge in [-0.25, -0.2) is 4.98 Å². The third kappa shape index (κ3) is 2.62. The minimum atomic E-state index is 0.572. The molecule has 0 unspecified atom stereocenters. The van der Waals surface area contributed by atoms with Crippen LogP contribution in [0.1, 0.15) is 36.6 Å². The second kappa shape index (κ2) is 6.24. The van der Waals surface area contributed by atoms with Crippen LogP contribution >= 0.6 is 0 Å². The predicted octanol–water partition coefficient (Wildman–Crippen LogP) is 3.25. The monoisotopic (exact) mass is 371 g/mol. The second-order valence-electron chi connectivity index (χ2n) is 7.68. The summed E-state index contributed by atoms with van der Waals surface area (Å²) in [5.74, 6) is 0.572. The minimum absolute atomic E-state index is 0.572. The SMILES string of the molecule is c1cncc(-c2cc(-c3cc4n(n3)CCCNC4)nc3n[nH]c(C4CC4)c23)c1. The average molecular weight is 371 g/mol. The van der Waals surface area contributed by atoms with Crippen LogP contribution in [-0.4, -0.2) is 36.5 Å². The average Bonchev–Trinajstić information content (AvgIpc) is 3.43. The summed E-state index contributed by atoms with van der Waals surface area (Å²) in [6.07, 6.45) is 7.23. The molecule has 5 heterocycles. The number of nitrogens with one attached hydrogen (secondary N) is 2. The van der Waals surface area contributed by atoms with Gasteiger partial charge in [0.15, 0.2) is 5.65 Å². The molecular formula is C21H21N7. The van der Waals surface area contributed by atoms with Gasteiger partial charge in [0, 0.05) is 42.7 Å². The fourth-order valence-corrected chi connectivity index (χ4v) is 4.08. The van der Waals surface area contributed by atoms with Crippen LogP contribution in [0, 0.1) is 0 Å². The smallest absolute Gasteiger partial charge is 0.182 e. The van der Waals surface area contributed by atoms with Gasteiger partial charge < -0.3 is 5.32 Å². The summed E-state index contributed by atoms with van der Waals surface area (Å²) in [4.78, 5) is 9.20. The van der Waals surface area contributed by atoms with Crippen molar-refractivity contribution < 1.29 is 0 Å². The summed E-state index contributed by atoms with van der Waals surface area (Å²) in [5, 5.41) is 17.2. The molecule has 1 saturated carbocycles. The van der Waals surface area contributed by atoms with Crippen LogP contribution in [0.15, 0.2) is 36.7 Å². The number of aromatic nitrogens is 6. The molecule has 140 valence electrons. The van der Waals surface area contributed by atoms with Gasteiger partial charge in [0.25, 0.3) is 0 Å². The quantitative estimate of drug-likeness (QED) is 0.577. The molecule has 1 fully saturated rings. The summed E-state index contributed by atoms with van der Waals surface area (Å²) in [7, 11) is 0.